The topological polar surface area (TPSA) is 285 Å². The van der Waals surface area contributed by atoms with Gasteiger partial charge >= 0.3 is 0 Å². The van der Waals surface area contributed by atoms with Gasteiger partial charge in [0.2, 0.25) is 59.1 Å². The summed E-state index contributed by atoms with van der Waals surface area (Å²) in [5.74, 6) is -7.87. The standard InChI is InChI=1S/C78H136N12O12S/c1-30-34-37-51(13)43-57-66(92)82-56(33-4)69(95)87(27)61(45-103-40-36-35-39-79-46-76(17,18)19)72(98)86(26)60(44-77(20,21)102)73(99)90-64(78(90,22)38-31-2)75(101)89(29)63(52(14)55(32-3)49(9)10)67(93)80-53(15)65(91)81-54(16)68(94)84(24)58(41-47(5)6)70(96)85(25)59(42-48(7)8)71(97)88(28)62(50(11)12)74(100)83(57)23/h30,34,38,47-54,56-64,68,79,94,102H,2-3,33,35-37,39-46H2,1,4-29H3,(H,80,93)(H,81,91)(H,82,92)/b34-30+/t51-,52?,53?,54+,56-,57-,58?,59-,60+,61-,62-,63?,64-,68?,78?,90?/m1/s1. The van der Waals surface area contributed by atoms with Crippen molar-refractivity contribution in [1.29, 1.82) is 0 Å². The molecule has 103 heavy (non-hydrogen) atoms. The fraction of sp³-hybridized carbons (Fsp3) is 0.769. The van der Waals surface area contributed by atoms with Crippen LogP contribution in [0.3, 0.4) is 0 Å². The number of hydrogen-bond acceptors (Lipinski definition) is 15. The molecule has 15 atom stereocenters. The lowest BCUT2D eigenvalue weighted by molar-refractivity contribution is -0.156. The molecule has 2 heterocycles. The van der Waals surface area contributed by atoms with Gasteiger partial charge in [-0.1, -0.05) is 122 Å². The average molecular weight is 1470 g/mol. The fourth-order valence-electron chi connectivity index (χ4n) is 13.9. The Labute approximate surface area is 623 Å². The number of nitrogens with one attached hydrogen (secondary N) is 4. The number of allylic oxidation sites excluding steroid dienone is 2. The average Bonchev–Trinajstić information content (AvgIpc) is 1.54. The van der Waals surface area contributed by atoms with Crippen LogP contribution in [-0.2, 0) is 47.9 Å². The van der Waals surface area contributed by atoms with Gasteiger partial charge in [-0.15, -0.1) is 11.5 Å². The Bertz CT molecular complexity index is 3020. The number of carbonyl (C=O) groups is 10. The summed E-state index contributed by atoms with van der Waals surface area (Å²) in [6, 6.07) is -13.6. The van der Waals surface area contributed by atoms with E-state index in [1.54, 1.807) is 48.6 Å². The lowest BCUT2D eigenvalue weighted by atomic mass is 9.85. The van der Waals surface area contributed by atoms with Gasteiger partial charge in [0.25, 0.3) is 0 Å². The fourth-order valence-corrected chi connectivity index (χ4v) is 15.0. The molecular formula is C78H136N12O12S. The number of carbonyl (C=O) groups excluding carboxylic acids is 10. The largest absolute Gasteiger partial charge is 0.390 e. The van der Waals surface area contributed by atoms with Crippen LogP contribution in [0.2, 0.25) is 0 Å². The number of amides is 10. The molecule has 0 aliphatic carbocycles. The number of likely N-dealkylation sites (N-methyl/N-ethyl adjacent to an activating group) is 7. The van der Waals surface area contributed by atoms with Crippen molar-refractivity contribution >= 4 is 70.8 Å². The minimum absolute atomic E-state index is 0.0459. The van der Waals surface area contributed by atoms with Crippen LogP contribution >= 0.6 is 11.8 Å². The summed E-state index contributed by atoms with van der Waals surface area (Å²) in [5.41, 5.74) is 3.30. The van der Waals surface area contributed by atoms with E-state index in [1.807, 2.05) is 67.5 Å². The molecule has 10 amide bonds. The van der Waals surface area contributed by atoms with Crippen LogP contribution in [0.4, 0.5) is 0 Å². The van der Waals surface area contributed by atoms with E-state index in [9.17, 15) is 15.0 Å². The Morgan fingerprint density at radius 3 is 1.67 bits per heavy atom. The molecule has 0 aromatic carbocycles. The third-order valence-corrected chi connectivity index (χ3v) is 21.2. The number of aliphatic hydroxyl groups excluding tert-OH is 1. The van der Waals surface area contributed by atoms with Crippen LogP contribution in [0, 0.1) is 40.9 Å². The molecule has 2 fully saturated rings. The molecule has 2 aliphatic heterocycles. The summed E-state index contributed by atoms with van der Waals surface area (Å²) in [4.78, 5) is 164. The predicted octanol–water partition coefficient (Wildman–Crippen LogP) is 6.85. The normalized spacial score (nSPS) is 27.8. The number of fused-ring (bicyclic) bond motifs is 1. The van der Waals surface area contributed by atoms with Gasteiger partial charge in [-0.3, -0.25) is 52.8 Å². The molecule has 0 radical (unpaired) electrons. The van der Waals surface area contributed by atoms with Gasteiger partial charge in [0, 0.05) is 60.4 Å². The molecule has 2 saturated heterocycles. The summed E-state index contributed by atoms with van der Waals surface area (Å²) in [6.45, 7) is 45.6. The van der Waals surface area contributed by atoms with Crippen LogP contribution in [-0.4, -0.2) is 266 Å². The summed E-state index contributed by atoms with van der Waals surface area (Å²) in [6.07, 6.45) is 6.16. The van der Waals surface area contributed by atoms with E-state index in [1.165, 1.54) is 120 Å². The first kappa shape index (κ1) is 92.8. The zero-order chi connectivity index (χ0) is 79.4. The Morgan fingerprint density at radius 2 is 1.17 bits per heavy atom. The van der Waals surface area contributed by atoms with Crippen molar-refractivity contribution < 1.29 is 58.2 Å². The number of aliphatic hydroxyl groups is 2. The third kappa shape index (κ3) is 25.7. The van der Waals surface area contributed by atoms with Crippen LogP contribution in [0.25, 0.3) is 0 Å². The van der Waals surface area contributed by atoms with Crippen LogP contribution in [0.5, 0.6) is 0 Å². The number of hydrogen-bond donors (Lipinski definition) is 6. The minimum Gasteiger partial charge on any atom is -0.390 e. The number of rotatable bonds is 24. The van der Waals surface area contributed by atoms with Crippen molar-refractivity contribution in [3.05, 3.63) is 48.4 Å². The number of thioether (sulfide) groups is 1. The van der Waals surface area contributed by atoms with E-state index < -0.39 is 155 Å². The van der Waals surface area contributed by atoms with Gasteiger partial charge in [-0.05, 0) is 159 Å². The predicted molar refractivity (Wildman–Crippen MR) is 410 cm³/mol. The monoisotopic (exact) mass is 1470 g/mol. The molecule has 24 nitrogen and oxygen atoms in total. The van der Waals surface area contributed by atoms with E-state index >= 15 is 43.2 Å². The summed E-state index contributed by atoms with van der Waals surface area (Å²) in [5, 5.41) is 35.9. The number of nitrogens with zero attached hydrogens (tertiary/aromatic N) is 8. The van der Waals surface area contributed by atoms with Crippen molar-refractivity contribution in [3.8, 4) is 0 Å². The highest BCUT2D eigenvalue weighted by Gasteiger charge is 2.67. The summed E-state index contributed by atoms with van der Waals surface area (Å²) >= 11 is 1.44. The van der Waals surface area contributed by atoms with Crippen molar-refractivity contribution in [2.75, 3.05) is 73.9 Å². The molecule has 2 rings (SSSR count). The second kappa shape index (κ2) is 41.0. The quantitative estimate of drug-likeness (QED) is 0.0249. The van der Waals surface area contributed by atoms with Crippen molar-refractivity contribution in [3.63, 3.8) is 0 Å². The lowest BCUT2D eigenvalue weighted by Crippen LogP contribution is -2.62. The molecule has 0 spiro atoms. The summed E-state index contributed by atoms with van der Waals surface area (Å²) in [7, 11) is 10.4. The van der Waals surface area contributed by atoms with Crippen LogP contribution < -0.4 is 21.3 Å². The Morgan fingerprint density at radius 1 is 0.641 bits per heavy atom. The molecule has 0 aromatic rings. The number of unbranched alkanes of at least 4 members (excludes halogenated alkanes) is 1. The molecule has 2 aliphatic rings. The molecule has 0 bridgehead atoms. The van der Waals surface area contributed by atoms with Crippen molar-refractivity contribution in [2.45, 2.75) is 274 Å². The molecule has 6 N–H and O–H groups in total. The molecule has 0 aromatic heterocycles. The van der Waals surface area contributed by atoms with Gasteiger partial charge in [-0.2, -0.15) is 11.8 Å². The van der Waals surface area contributed by atoms with E-state index in [-0.39, 0.29) is 66.9 Å². The smallest absolute Gasteiger partial charge is 0.248 e. The maximum atomic E-state index is 15.7. The third-order valence-electron chi connectivity index (χ3n) is 20.1. The zero-order valence-electron chi connectivity index (χ0n) is 68.0. The molecule has 586 valence electrons. The molecule has 6 unspecified atom stereocenters. The van der Waals surface area contributed by atoms with Crippen molar-refractivity contribution in [1.82, 2.24) is 60.5 Å². The first-order valence-electron chi connectivity index (χ1n) is 37.2. The van der Waals surface area contributed by atoms with Gasteiger partial charge in [-0.25, -0.2) is 0 Å². The molecule has 25 heteroatoms. The maximum absolute atomic E-state index is 15.7. The van der Waals surface area contributed by atoms with Crippen LogP contribution in [0.1, 0.15) is 190 Å². The lowest BCUT2D eigenvalue weighted by Gasteiger charge is -2.41. The Balaban J connectivity index is 3.21. The minimum atomic E-state index is -1.61. The van der Waals surface area contributed by atoms with Gasteiger partial charge in [0.05, 0.1) is 23.2 Å². The molecule has 0 saturated carbocycles. The highest BCUT2D eigenvalue weighted by atomic mass is 32.2. The highest BCUT2D eigenvalue weighted by Crippen LogP contribution is 2.45. The first-order chi connectivity index (χ1) is 47.6. The molecular weight excluding hydrogens is 1330 g/mol. The van der Waals surface area contributed by atoms with Crippen LogP contribution in [0.15, 0.2) is 48.4 Å². The van der Waals surface area contributed by atoms with E-state index in [0.29, 0.717) is 17.7 Å². The van der Waals surface area contributed by atoms with Gasteiger partial charge in [0.1, 0.15) is 60.6 Å². The second-order valence-electron chi connectivity index (χ2n) is 32.7. The highest BCUT2D eigenvalue weighted by molar-refractivity contribution is 7.99. The summed E-state index contributed by atoms with van der Waals surface area (Å²) < 4.78 is 0. The van der Waals surface area contributed by atoms with Gasteiger partial charge < -0.3 is 65.8 Å². The Hall–Kier alpha value is -6.33. The van der Waals surface area contributed by atoms with Crippen molar-refractivity contribution in [2.24, 2.45) is 40.9 Å². The maximum Gasteiger partial charge on any atom is 0.248 e. The van der Waals surface area contributed by atoms with E-state index in [4.69, 9.17) is 0 Å². The second-order valence-corrected chi connectivity index (χ2v) is 33.8. The Kier molecular flexibility index (Phi) is 36.9. The van der Waals surface area contributed by atoms with E-state index in [0.717, 1.165) is 25.9 Å². The SMILES string of the molecule is C=C=CC1(C)[C@H]2C(=O)N(C)C(C(C)C(=C=C)C(C)C)C(=O)NC(C)C(=O)N[C@@H](C)C(O)N(C)C(CC(C)C)C(=O)N(C)[C@H](CC(C)C)C(=O)N(C)[C@H](C(C)C)C(=O)N(C)[C@H](C[C@H](C)C/C=C/C)C(=O)N[C@H](CC)C(=O)N(C)[C@H](CSCCCCNCC(C)(C)C)C(=O)N(C)[C@@H](CC(C)(C)O)C(=O)N21. The van der Waals surface area contributed by atoms with E-state index in [2.05, 4.69) is 66.7 Å². The first-order valence-corrected chi connectivity index (χ1v) is 38.4. The van der Waals surface area contributed by atoms with Gasteiger partial charge in [0.15, 0.2) is 0 Å². The zero-order valence-corrected chi connectivity index (χ0v) is 68.8.